The number of aliphatic hydroxyl groups excluding tert-OH is 1. The van der Waals surface area contributed by atoms with Gasteiger partial charge in [0.25, 0.3) is 5.91 Å². The number of carbonyl (C=O) groups is 3. The van der Waals surface area contributed by atoms with Gasteiger partial charge in [-0.15, -0.1) is 0 Å². The van der Waals surface area contributed by atoms with Crippen molar-refractivity contribution in [1.82, 2.24) is 15.1 Å². The van der Waals surface area contributed by atoms with Crippen LogP contribution in [0.5, 0.6) is 0 Å². The van der Waals surface area contributed by atoms with Crippen LogP contribution in [0.15, 0.2) is 22.8 Å². The van der Waals surface area contributed by atoms with E-state index in [1.807, 2.05) is 6.92 Å². The third-order valence-corrected chi connectivity index (χ3v) is 3.83. The largest absolute Gasteiger partial charge is 0.459 e. The highest BCUT2D eigenvalue weighted by atomic mass is 16.3. The first-order valence-electron chi connectivity index (χ1n) is 7.60. The molecule has 8 nitrogen and oxygen atoms in total. The van der Waals surface area contributed by atoms with Crippen molar-refractivity contribution >= 4 is 17.7 Å². The highest BCUT2D eigenvalue weighted by molar-refractivity contribution is 6.35. The third kappa shape index (κ3) is 4.10. The molecule has 8 heteroatoms. The summed E-state index contributed by atoms with van der Waals surface area (Å²) in [6, 6.07) is 2.81. The number of piperazine rings is 1. The summed E-state index contributed by atoms with van der Waals surface area (Å²) in [6.07, 6.45) is 1.98. The molecule has 0 aromatic carbocycles. The molecular formula is C15H21N3O5. The van der Waals surface area contributed by atoms with Crippen molar-refractivity contribution in [2.45, 2.75) is 19.4 Å². The fourth-order valence-electron chi connectivity index (χ4n) is 2.34. The third-order valence-electron chi connectivity index (χ3n) is 3.83. The lowest BCUT2D eigenvalue weighted by atomic mass is 10.2. The molecule has 23 heavy (non-hydrogen) atoms. The van der Waals surface area contributed by atoms with E-state index >= 15 is 0 Å². The molecule has 1 atom stereocenters. The molecule has 1 aromatic rings. The summed E-state index contributed by atoms with van der Waals surface area (Å²) in [7, 11) is 0. The predicted octanol–water partition coefficient (Wildman–Crippen LogP) is -0.549. The van der Waals surface area contributed by atoms with E-state index in [2.05, 4.69) is 5.32 Å². The Balaban J connectivity index is 1.85. The first kappa shape index (κ1) is 17.0. The van der Waals surface area contributed by atoms with Crippen molar-refractivity contribution in [3.8, 4) is 0 Å². The van der Waals surface area contributed by atoms with Crippen LogP contribution >= 0.6 is 0 Å². The fraction of sp³-hybridized carbons (Fsp3) is 0.533. The Morgan fingerprint density at radius 2 is 1.91 bits per heavy atom. The molecule has 1 aliphatic rings. The monoisotopic (exact) mass is 323 g/mol. The number of furan rings is 1. The Bertz CT molecular complexity index is 545. The van der Waals surface area contributed by atoms with Crippen molar-refractivity contribution in [1.29, 1.82) is 0 Å². The number of carbonyl (C=O) groups excluding carboxylic acids is 3. The van der Waals surface area contributed by atoms with Gasteiger partial charge in [0.15, 0.2) is 5.76 Å². The van der Waals surface area contributed by atoms with Crippen LogP contribution in [0.1, 0.15) is 23.9 Å². The summed E-state index contributed by atoms with van der Waals surface area (Å²) in [5.74, 6) is -1.33. The van der Waals surface area contributed by atoms with Gasteiger partial charge < -0.3 is 24.6 Å². The van der Waals surface area contributed by atoms with Crippen LogP contribution in [-0.2, 0) is 9.59 Å². The van der Waals surface area contributed by atoms with E-state index in [0.717, 1.165) is 0 Å². The summed E-state index contributed by atoms with van der Waals surface area (Å²) >= 11 is 0. The molecule has 1 aliphatic heterocycles. The minimum Gasteiger partial charge on any atom is -0.459 e. The van der Waals surface area contributed by atoms with Crippen molar-refractivity contribution in [2.24, 2.45) is 0 Å². The van der Waals surface area contributed by atoms with E-state index in [1.165, 1.54) is 11.2 Å². The molecule has 0 bridgehead atoms. The van der Waals surface area contributed by atoms with Gasteiger partial charge in [0.2, 0.25) is 0 Å². The molecule has 1 saturated heterocycles. The Morgan fingerprint density at radius 3 is 2.43 bits per heavy atom. The summed E-state index contributed by atoms with van der Waals surface area (Å²) in [5, 5.41) is 11.6. The first-order valence-corrected chi connectivity index (χ1v) is 7.60. The minimum absolute atomic E-state index is 0.207. The number of hydrogen-bond donors (Lipinski definition) is 2. The SMILES string of the molecule is CCC(CO)NC(=O)C(=O)N1CCN(C(=O)c2ccco2)CC1. The molecule has 0 radical (unpaired) electrons. The molecule has 0 aliphatic carbocycles. The summed E-state index contributed by atoms with van der Waals surface area (Å²) < 4.78 is 5.07. The second kappa shape index (κ2) is 7.77. The van der Waals surface area contributed by atoms with Crippen LogP contribution in [0.2, 0.25) is 0 Å². The van der Waals surface area contributed by atoms with Crippen molar-refractivity contribution in [3.63, 3.8) is 0 Å². The molecule has 126 valence electrons. The fourth-order valence-corrected chi connectivity index (χ4v) is 2.34. The van der Waals surface area contributed by atoms with Crippen LogP contribution in [-0.4, -0.2) is 71.5 Å². The number of amides is 3. The lowest BCUT2D eigenvalue weighted by Crippen LogP contribution is -2.55. The average molecular weight is 323 g/mol. The number of aliphatic hydroxyl groups is 1. The topological polar surface area (TPSA) is 103 Å². The van der Waals surface area contributed by atoms with Crippen LogP contribution in [0.4, 0.5) is 0 Å². The highest BCUT2D eigenvalue weighted by Crippen LogP contribution is 2.09. The summed E-state index contributed by atoms with van der Waals surface area (Å²) in [6.45, 7) is 2.86. The normalized spacial score (nSPS) is 16.1. The van der Waals surface area contributed by atoms with E-state index in [1.54, 1.807) is 17.0 Å². The summed E-state index contributed by atoms with van der Waals surface area (Å²) in [4.78, 5) is 39.1. The van der Waals surface area contributed by atoms with Gasteiger partial charge in [-0.1, -0.05) is 6.92 Å². The maximum absolute atomic E-state index is 12.1. The van der Waals surface area contributed by atoms with Gasteiger partial charge in [0.1, 0.15) is 0 Å². The van der Waals surface area contributed by atoms with Gasteiger partial charge in [0.05, 0.1) is 18.9 Å². The van der Waals surface area contributed by atoms with Crippen LogP contribution < -0.4 is 5.32 Å². The van der Waals surface area contributed by atoms with Gasteiger partial charge in [-0.3, -0.25) is 14.4 Å². The zero-order chi connectivity index (χ0) is 16.8. The number of rotatable bonds is 4. The van der Waals surface area contributed by atoms with E-state index in [4.69, 9.17) is 9.52 Å². The zero-order valence-electron chi connectivity index (χ0n) is 13.0. The van der Waals surface area contributed by atoms with Gasteiger partial charge in [0, 0.05) is 26.2 Å². The number of nitrogens with zero attached hydrogens (tertiary/aromatic N) is 2. The second-order valence-corrected chi connectivity index (χ2v) is 5.32. The molecule has 1 aromatic heterocycles. The molecule has 2 rings (SSSR count). The molecule has 2 N–H and O–H groups in total. The Morgan fingerprint density at radius 1 is 1.26 bits per heavy atom. The number of nitrogens with one attached hydrogen (secondary N) is 1. The molecule has 0 saturated carbocycles. The smallest absolute Gasteiger partial charge is 0.312 e. The molecule has 0 spiro atoms. The van der Waals surface area contributed by atoms with Gasteiger partial charge in [-0.2, -0.15) is 0 Å². The van der Waals surface area contributed by atoms with Gasteiger partial charge >= 0.3 is 11.8 Å². The predicted molar refractivity (Wildman–Crippen MR) is 80.5 cm³/mol. The van der Waals surface area contributed by atoms with Gasteiger partial charge in [-0.25, -0.2) is 0 Å². The minimum atomic E-state index is -0.725. The molecule has 2 heterocycles. The maximum Gasteiger partial charge on any atom is 0.312 e. The Hall–Kier alpha value is -2.35. The Kier molecular flexibility index (Phi) is 5.75. The number of hydrogen-bond acceptors (Lipinski definition) is 5. The standard InChI is InChI=1S/C15H21N3O5/c1-2-11(10-19)16-13(20)15(22)18-7-5-17(6-8-18)14(21)12-4-3-9-23-12/h3-4,9,11,19H,2,5-8,10H2,1H3,(H,16,20). The maximum atomic E-state index is 12.1. The molecule has 3 amide bonds. The zero-order valence-corrected chi connectivity index (χ0v) is 13.0. The van der Waals surface area contributed by atoms with Crippen molar-refractivity contribution < 1.29 is 23.9 Å². The summed E-state index contributed by atoms with van der Waals surface area (Å²) in [5.41, 5.74) is 0. The van der Waals surface area contributed by atoms with Crippen molar-refractivity contribution in [2.75, 3.05) is 32.8 Å². The van der Waals surface area contributed by atoms with E-state index in [0.29, 0.717) is 19.5 Å². The van der Waals surface area contributed by atoms with E-state index in [9.17, 15) is 14.4 Å². The molecule has 1 fully saturated rings. The van der Waals surface area contributed by atoms with E-state index in [-0.39, 0.29) is 31.4 Å². The highest BCUT2D eigenvalue weighted by Gasteiger charge is 2.29. The van der Waals surface area contributed by atoms with Crippen molar-refractivity contribution in [3.05, 3.63) is 24.2 Å². The average Bonchev–Trinajstić information content (AvgIpc) is 3.12. The lowest BCUT2D eigenvalue weighted by molar-refractivity contribution is -0.147. The van der Waals surface area contributed by atoms with Crippen LogP contribution in [0, 0.1) is 0 Å². The van der Waals surface area contributed by atoms with Crippen LogP contribution in [0.25, 0.3) is 0 Å². The van der Waals surface area contributed by atoms with Gasteiger partial charge in [-0.05, 0) is 18.6 Å². The van der Waals surface area contributed by atoms with Crippen LogP contribution in [0.3, 0.4) is 0 Å². The first-order chi connectivity index (χ1) is 11.1. The quantitative estimate of drug-likeness (QED) is 0.724. The molecule has 1 unspecified atom stereocenters. The second-order valence-electron chi connectivity index (χ2n) is 5.32. The van der Waals surface area contributed by atoms with E-state index < -0.39 is 17.9 Å². The molecular weight excluding hydrogens is 302 g/mol. The Labute approximate surface area is 134 Å². The lowest BCUT2D eigenvalue weighted by Gasteiger charge is -2.34.